The van der Waals surface area contributed by atoms with E-state index in [-0.39, 0.29) is 18.5 Å². The van der Waals surface area contributed by atoms with E-state index in [0.717, 1.165) is 10.2 Å². The normalized spacial score (nSPS) is 13.9. The lowest BCUT2D eigenvalue weighted by Gasteiger charge is -2.36. The first-order chi connectivity index (χ1) is 9.47. The van der Waals surface area contributed by atoms with Gasteiger partial charge in [0.05, 0.1) is 13.2 Å². The van der Waals surface area contributed by atoms with Crippen LogP contribution in [0.15, 0.2) is 28.7 Å². The molecule has 0 saturated heterocycles. The first kappa shape index (κ1) is 17.0. The minimum Gasteiger partial charge on any atom is -0.464 e. The summed E-state index contributed by atoms with van der Waals surface area (Å²) in [7, 11) is 1.58. The molecular formula is C15H22BrNO3. The van der Waals surface area contributed by atoms with Crippen molar-refractivity contribution in [2.75, 3.05) is 25.6 Å². The van der Waals surface area contributed by atoms with E-state index in [0.29, 0.717) is 6.61 Å². The molecule has 1 unspecified atom stereocenters. The van der Waals surface area contributed by atoms with Crippen LogP contribution in [0.2, 0.25) is 0 Å². The zero-order valence-electron chi connectivity index (χ0n) is 12.4. The summed E-state index contributed by atoms with van der Waals surface area (Å²) in [6.07, 6.45) is 0. The van der Waals surface area contributed by atoms with Gasteiger partial charge >= 0.3 is 5.97 Å². The lowest BCUT2D eigenvalue weighted by atomic mass is 9.86. The fourth-order valence-electron chi connectivity index (χ4n) is 1.98. The summed E-state index contributed by atoms with van der Waals surface area (Å²) in [4.78, 5) is 12.4. The Bertz CT molecular complexity index is 450. The molecule has 0 amide bonds. The molecule has 0 heterocycles. The van der Waals surface area contributed by atoms with E-state index < -0.39 is 5.54 Å². The number of carbonyl (C=O) groups excluding carboxylic acids is 1. The van der Waals surface area contributed by atoms with Crippen molar-refractivity contribution in [3.63, 3.8) is 0 Å². The fraction of sp³-hybridized carbons (Fsp3) is 0.533. The Morgan fingerprint density at radius 2 is 2.05 bits per heavy atom. The number of esters is 1. The zero-order valence-corrected chi connectivity index (χ0v) is 14.0. The Morgan fingerprint density at radius 3 is 2.55 bits per heavy atom. The summed E-state index contributed by atoms with van der Waals surface area (Å²) in [6, 6.07) is 7.67. The van der Waals surface area contributed by atoms with Gasteiger partial charge < -0.3 is 14.8 Å². The molecule has 1 atom stereocenters. The van der Waals surface area contributed by atoms with Gasteiger partial charge in [0, 0.05) is 17.3 Å². The smallest absolute Gasteiger partial charge is 0.334 e. The highest BCUT2D eigenvalue weighted by atomic mass is 79.9. The maximum atomic E-state index is 12.4. The molecule has 1 aromatic carbocycles. The number of anilines is 1. The molecule has 0 aliphatic rings. The molecule has 1 rings (SSSR count). The van der Waals surface area contributed by atoms with Crippen LogP contribution >= 0.6 is 15.9 Å². The maximum absolute atomic E-state index is 12.4. The molecule has 0 saturated carbocycles. The Hall–Kier alpha value is -1.07. The Balaban J connectivity index is 3.15. The van der Waals surface area contributed by atoms with Gasteiger partial charge in [-0.15, -0.1) is 0 Å². The van der Waals surface area contributed by atoms with E-state index in [1.54, 1.807) is 14.0 Å². The zero-order chi connectivity index (χ0) is 15.2. The number of halogens is 1. The van der Waals surface area contributed by atoms with Crippen molar-refractivity contribution in [2.24, 2.45) is 5.92 Å². The molecule has 0 spiro atoms. The molecule has 5 heteroatoms. The van der Waals surface area contributed by atoms with Crippen molar-refractivity contribution in [1.29, 1.82) is 0 Å². The number of benzene rings is 1. The minimum atomic E-state index is -0.908. The van der Waals surface area contributed by atoms with Crippen LogP contribution in [0.1, 0.15) is 20.8 Å². The average Bonchev–Trinajstić information content (AvgIpc) is 2.40. The summed E-state index contributed by atoms with van der Waals surface area (Å²) in [6.45, 7) is 6.33. The van der Waals surface area contributed by atoms with E-state index in [9.17, 15) is 4.79 Å². The highest BCUT2D eigenvalue weighted by Crippen LogP contribution is 2.30. The second kappa shape index (κ2) is 7.64. The van der Waals surface area contributed by atoms with Crippen LogP contribution in [-0.2, 0) is 14.3 Å². The predicted octanol–water partition coefficient (Wildman–Crippen LogP) is 3.47. The van der Waals surface area contributed by atoms with Crippen molar-refractivity contribution in [1.82, 2.24) is 0 Å². The number of carbonyl (C=O) groups is 1. The summed E-state index contributed by atoms with van der Waals surface area (Å²) in [5.41, 5.74) is -0.0689. The SMILES string of the molecule is CCOC(=O)C(COC)(Nc1ccccc1Br)C(C)C. The molecule has 0 fully saturated rings. The van der Waals surface area contributed by atoms with Gasteiger partial charge in [0.25, 0.3) is 0 Å². The minimum absolute atomic E-state index is 0.00797. The van der Waals surface area contributed by atoms with Crippen molar-refractivity contribution >= 4 is 27.6 Å². The van der Waals surface area contributed by atoms with Gasteiger partial charge in [-0.1, -0.05) is 26.0 Å². The second-order valence-corrected chi connectivity index (χ2v) is 5.74. The van der Waals surface area contributed by atoms with E-state index >= 15 is 0 Å². The van der Waals surface area contributed by atoms with Crippen molar-refractivity contribution in [3.8, 4) is 0 Å². The largest absolute Gasteiger partial charge is 0.464 e. The van der Waals surface area contributed by atoms with E-state index in [1.165, 1.54) is 0 Å². The highest BCUT2D eigenvalue weighted by Gasteiger charge is 2.43. The van der Waals surface area contributed by atoms with Crippen LogP contribution in [0.5, 0.6) is 0 Å². The molecule has 4 nitrogen and oxygen atoms in total. The first-order valence-electron chi connectivity index (χ1n) is 6.66. The van der Waals surface area contributed by atoms with Crippen LogP contribution < -0.4 is 5.32 Å². The monoisotopic (exact) mass is 343 g/mol. The number of hydrogen-bond acceptors (Lipinski definition) is 4. The maximum Gasteiger partial charge on any atom is 0.334 e. The summed E-state index contributed by atoms with van der Waals surface area (Å²) >= 11 is 3.48. The standard InChI is InChI=1S/C15H22BrNO3/c1-5-20-14(18)15(10-19-4,11(2)3)17-13-9-7-6-8-12(13)16/h6-9,11,17H,5,10H2,1-4H3. The summed E-state index contributed by atoms with van der Waals surface area (Å²) in [5.74, 6) is -0.291. The molecule has 20 heavy (non-hydrogen) atoms. The summed E-state index contributed by atoms with van der Waals surface area (Å²) in [5, 5.41) is 3.30. The second-order valence-electron chi connectivity index (χ2n) is 4.88. The quantitative estimate of drug-likeness (QED) is 0.770. The predicted molar refractivity (Wildman–Crippen MR) is 83.8 cm³/mol. The number of rotatable bonds is 7. The van der Waals surface area contributed by atoms with Gasteiger partial charge in [0.2, 0.25) is 0 Å². The third-order valence-electron chi connectivity index (χ3n) is 3.23. The molecule has 112 valence electrons. The third-order valence-corrected chi connectivity index (χ3v) is 3.92. The van der Waals surface area contributed by atoms with Crippen LogP contribution in [0.25, 0.3) is 0 Å². The fourth-order valence-corrected chi connectivity index (χ4v) is 2.37. The van der Waals surface area contributed by atoms with Gasteiger partial charge in [-0.2, -0.15) is 0 Å². The lowest BCUT2D eigenvalue weighted by molar-refractivity contribution is -0.152. The van der Waals surface area contributed by atoms with E-state index in [2.05, 4.69) is 21.2 Å². The van der Waals surface area contributed by atoms with Crippen molar-refractivity contribution in [2.45, 2.75) is 26.3 Å². The van der Waals surface area contributed by atoms with Crippen LogP contribution in [0.4, 0.5) is 5.69 Å². The van der Waals surface area contributed by atoms with Crippen molar-refractivity contribution < 1.29 is 14.3 Å². The molecule has 0 aliphatic heterocycles. The number of para-hydroxylation sites is 1. The number of methoxy groups -OCH3 is 1. The molecular weight excluding hydrogens is 322 g/mol. The first-order valence-corrected chi connectivity index (χ1v) is 7.46. The topological polar surface area (TPSA) is 47.6 Å². The molecule has 0 bridgehead atoms. The Labute approximate surface area is 129 Å². The van der Waals surface area contributed by atoms with E-state index in [1.807, 2.05) is 38.1 Å². The highest BCUT2D eigenvalue weighted by molar-refractivity contribution is 9.10. The van der Waals surface area contributed by atoms with Crippen molar-refractivity contribution in [3.05, 3.63) is 28.7 Å². The molecule has 0 radical (unpaired) electrons. The molecule has 0 aromatic heterocycles. The van der Waals surface area contributed by atoms with Crippen LogP contribution in [0, 0.1) is 5.92 Å². The summed E-state index contributed by atoms with van der Waals surface area (Å²) < 4.78 is 11.4. The van der Waals surface area contributed by atoms with Gasteiger partial charge in [-0.3, -0.25) is 0 Å². The van der Waals surface area contributed by atoms with Gasteiger partial charge in [0.15, 0.2) is 5.54 Å². The molecule has 1 aromatic rings. The number of ether oxygens (including phenoxy) is 2. The van der Waals surface area contributed by atoms with Gasteiger partial charge in [-0.05, 0) is 40.9 Å². The van der Waals surface area contributed by atoms with Crippen LogP contribution in [0.3, 0.4) is 0 Å². The Kier molecular flexibility index (Phi) is 6.49. The van der Waals surface area contributed by atoms with Gasteiger partial charge in [-0.25, -0.2) is 4.79 Å². The van der Waals surface area contributed by atoms with Gasteiger partial charge in [0.1, 0.15) is 0 Å². The lowest BCUT2D eigenvalue weighted by Crippen LogP contribution is -2.55. The molecule has 0 aliphatic carbocycles. The molecule has 1 N–H and O–H groups in total. The number of hydrogen-bond donors (Lipinski definition) is 1. The van der Waals surface area contributed by atoms with E-state index in [4.69, 9.17) is 9.47 Å². The Morgan fingerprint density at radius 1 is 1.40 bits per heavy atom. The third kappa shape index (κ3) is 3.73. The van der Waals surface area contributed by atoms with Crippen LogP contribution in [-0.4, -0.2) is 31.8 Å². The average molecular weight is 344 g/mol. The number of nitrogens with one attached hydrogen (secondary N) is 1.